The molecule has 94 valence electrons. The summed E-state index contributed by atoms with van der Waals surface area (Å²) in [7, 11) is 1.60. The molecule has 0 aliphatic rings. The number of carbonyl (C=O) groups is 1. The van der Waals surface area contributed by atoms with Crippen molar-refractivity contribution in [3.05, 3.63) is 42.2 Å². The SMILES string of the molecule is CCOC(=O)c1ccn(-c2cccc(OC)c2)n1. The van der Waals surface area contributed by atoms with E-state index >= 15 is 0 Å². The molecule has 0 aliphatic heterocycles. The predicted octanol–water partition coefficient (Wildman–Crippen LogP) is 2.06. The molecule has 1 aromatic carbocycles. The molecule has 5 heteroatoms. The smallest absolute Gasteiger partial charge is 0.358 e. The summed E-state index contributed by atoms with van der Waals surface area (Å²) in [4.78, 5) is 11.5. The molecule has 0 spiro atoms. The van der Waals surface area contributed by atoms with Crippen LogP contribution in [0.3, 0.4) is 0 Å². The van der Waals surface area contributed by atoms with Gasteiger partial charge in [0, 0.05) is 12.3 Å². The van der Waals surface area contributed by atoms with Gasteiger partial charge in [0.15, 0.2) is 5.69 Å². The fourth-order valence-corrected chi connectivity index (χ4v) is 1.53. The third-order valence-corrected chi connectivity index (χ3v) is 2.39. The summed E-state index contributed by atoms with van der Waals surface area (Å²) in [5.41, 5.74) is 1.12. The van der Waals surface area contributed by atoms with Crippen molar-refractivity contribution in [1.82, 2.24) is 9.78 Å². The van der Waals surface area contributed by atoms with E-state index in [2.05, 4.69) is 5.10 Å². The number of hydrogen-bond donors (Lipinski definition) is 0. The molecule has 0 aliphatic carbocycles. The Bertz CT molecular complexity index is 549. The Morgan fingerprint density at radius 2 is 2.22 bits per heavy atom. The van der Waals surface area contributed by atoms with Crippen molar-refractivity contribution in [1.29, 1.82) is 0 Å². The standard InChI is InChI=1S/C13H14N2O3/c1-3-18-13(16)12-7-8-15(14-12)10-5-4-6-11(9-10)17-2/h4-9H,3H2,1-2H3. The lowest BCUT2D eigenvalue weighted by atomic mass is 10.3. The predicted molar refractivity (Wildman–Crippen MR) is 66.1 cm³/mol. The number of carbonyl (C=O) groups excluding carboxylic acids is 1. The lowest BCUT2D eigenvalue weighted by Crippen LogP contribution is -2.06. The molecule has 2 aromatic rings. The number of rotatable bonds is 4. The first-order chi connectivity index (χ1) is 8.74. The second-order valence-corrected chi connectivity index (χ2v) is 3.57. The third kappa shape index (κ3) is 2.51. The van der Waals surface area contributed by atoms with Crippen LogP contribution < -0.4 is 4.74 Å². The summed E-state index contributed by atoms with van der Waals surface area (Å²) in [6.07, 6.45) is 1.71. The van der Waals surface area contributed by atoms with Gasteiger partial charge >= 0.3 is 5.97 Å². The second kappa shape index (κ2) is 5.35. The molecule has 0 radical (unpaired) electrons. The zero-order valence-electron chi connectivity index (χ0n) is 10.3. The molecule has 5 nitrogen and oxygen atoms in total. The maximum Gasteiger partial charge on any atom is 0.358 e. The molecular formula is C13H14N2O3. The number of aromatic nitrogens is 2. The largest absolute Gasteiger partial charge is 0.497 e. The molecule has 0 bridgehead atoms. The molecule has 0 N–H and O–H groups in total. The van der Waals surface area contributed by atoms with Crippen molar-refractivity contribution in [2.75, 3.05) is 13.7 Å². The fourth-order valence-electron chi connectivity index (χ4n) is 1.53. The van der Waals surface area contributed by atoms with Crippen LogP contribution in [0.5, 0.6) is 5.75 Å². The number of hydrogen-bond acceptors (Lipinski definition) is 4. The highest BCUT2D eigenvalue weighted by molar-refractivity contribution is 5.87. The van der Waals surface area contributed by atoms with Gasteiger partial charge in [0.25, 0.3) is 0 Å². The highest BCUT2D eigenvalue weighted by Gasteiger charge is 2.10. The summed E-state index contributed by atoms with van der Waals surface area (Å²) in [6.45, 7) is 2.10. The van der Waals surface area contributed by atoms with Gasteiger partial charge in [-0.25, -0.2) is 9.48 Å². The molecule has 1 aromatic heterocycles. The Labute approximate surface area is 105 Å². The van der Waals surface area contributed by atoms with Gasteiger partial charge in [-0.2, -0.15) is 5.10 Å². The fraction of sp³-hybridized carbons (Fsp3) is 0.231. The maximum absolute atomic E-state index is 11.5. The van der Waals surface area contributed by atoms with E-state index in [0.717, 1.165) is 11.4 Å². The number of esters is 1. The van der Waals surface area contributed by atoms with Gasteiger partial charge in [-0.05, 0) is 25.1 Å². The van der Waals surface area contributed by atoms with Crippen molar-refractivity contribution < 1.29 is 14.3 Å². The van der Waals surface area contributed by atoms with Crippen molar-refractivity contribution in [2.45, 2.75) is 6.92 Å². The van der Waals surface area contributed by atoms with E-state index in [1.807, 2.05) is 24.3 Å². The van der Waals surface area contributed by atoms with Crippen molar-refractivity contribution >= 4 is 5.97 Å². The lowest BCUT2D eigenvalue weighted by Gasteiger charge is -2.04. The molecular weight excluding hydrogens is 232 g/mol. The van der Waals surface area contributed by atoms with Gasteiger partial charge in [0.05, 0.1) is 19.4 Å². The molecule has 0 saturated heterocycles. The molecule has 0 amide bonds. The van der Waals surface area contributed by atoms with Gasteiger partial charge in [0.1, 0.15) is 5.75 Å². The van der Waals surface area contributed by atoms with Gasteiger partial charge in [-0.1, -0.05) is 6.07 Å². The highest BCUT2D eigenvalue weighted by Crippen LogP contribution is 2.16. The topological polar surface area (TPSA) is 53.4 Å². The van der Waals surface area contributed by atoms with Gasteiger partial charge in [-0.15, -0.1) is 0 Å². The average molecular weight is 246 g/mol. The van der Waals surface area contributed by atoms with Crippen LogP contribution in [0.4, 0.5) is 0 Å². The van der Waals surface area contributed by atoms with Crippen LogP contribution in [-0.4, -0.2) is 29.5 Å². The van der Waals surface area contributed by atoms with Crippen LogP contribution in [0, 0.1) is 0 Å². The first-order valence-corrected chi connectivity index (χ1v) is 5.62. The van der Waals surface area contributed by atoms with E-state index in [-0.39, 0.29) is 0 Å². The van der Waals surface area contributed by atoms with Crippen LogP contribution in [0.1, 0.15) is 17.4 Å². The molecule has 18 heavy (non-hydrogen) atoms. The molecule has 0 fully saturated rings. The van der Waals surface area contributed by atoms with Crippen molar-refractivity contribution in [3.63, 3.8) is 0 Å². The van der Waals surface area contributed by atoms with Crippen molar-refractivity contribution in [2.24, 2.45) is 0 Å². The number of ether oxygens (including phenoxy) is 2. The number of methoxy groups -OCH3 is 1. The van der Waals surface area contributed by atoms with Crippen LogP contribution >= 0.6 is 0 Å². The Kier molecular flexibility index (Phi) is 3.62. The summed E-state index contributed by atoms with van der Waals surface area (Å²) in [5.74, 6) is 0.319. The van der Waals surface area contributed by atoms with Crippen LogP contribution in [0.25, 0.3) is 5.69 Å². The minimum absolute atomic E-state index is 0.291. The molecule has 0 atom stereocenters. The molecule has 1 heterocycles. The van der Waals surface area contributed by atoms with Gasteiger partial charge in [0.2, 0.25) is 0 Å². The molecule has 2 rings (SSSR count). The first-order valence-electron chi connectivity index (χ1n) is 5.62. The Hall–Kier alpha value is -2.30. The van der Waals surface area contributed by atoms with Crippen LogP contribution in [-0.2, 0) is 4.74 Å². The van der Waals surface area contributed by atoms with Gasteiger partial charge < -0.3 is 9.47 Å². The Morgan fingerprint density at radius 1 is 1.39 bits per heavy atom. The van der Waals surface area contributed by atoms with E-state index in [1.165, 1.54) is 0 Å². The first kappa shape index (κ1) is 12.2. The van der Waals surface area contributed by atoms with E-state index < -0.39 is 5.97 Å². The zero-order chi connectivity index (χ0) is 13.0. The average Bonchev–Trinajstić information content (AvgIpc) is 2.89. The summed E-state index contributed by atoms with van der Waals surface area (Å²) in [6, 6.07) is 9.04. The molecule has 0 saturated carbocycles. The third-order valence-electron chi connectivity index (χ3n) is 2.39. The normalized spacial score (nSPS) is 10.1. The van der Waals surface area contributed by atoms with Crippen LogP contribution in [0.2, 0.25) is 0 Å². The lowest BCUT2D eigenvalue weighted by molar-refractivity contribution is 0.0519. The quantitative estimate of drug-likeness (QED) is 0.775. The monoisotopic (exact) mass is 246 g/mol. The summed E-state index contributed by atoms with van der Waals surface area (Å²) < 4.78 is 11.6. The zero-order valence-corrected chi connectivity index (χ0v) is 10.3. The summed E-state index contributed by atoms with van der Waals surface area (Å²) in [5, 5.41) is 4.16. The Balaban J connectivity index is 2.26. The summed E-state index contributed by atoms with van der Waals surface area (Å²) >= 11 is 0. The van der Waals surface area contributed by atoms with E-state index in [4.69, 9.17) is 9.47 Å². The van der Waals surface area contributed by atoms with E-state index in [0.29, 0.717) is 12.3 Å². The van der Waals surface area contributed by atoms with Crippen LogP contribution in [0.15, 0.2) is 36.5 Å². The number of nitrogens with zero attached hydrogens (tertiary/aromatic N) is 2. The highest BCUT2D eigenvalue weighted by atomic mass is 16.5. The maximum atomic E-state index is 11.5. The second-order valence-electron chi connectivity index (χ2n) is 3.57. The molecule has 0 unspecified atom stereocenters. The van der Waals surface area contributed by atoms with Gasteiger partial charge in [-0.3, -0.25) is 0 Å². The minimum Gasteiger partial charge on any atom is -0.497 e. The minimum atomic E-state index is -0.417. The Morgan fingerprint density at radius 3 is 2.94 bits per heavy atom. The van der Waals surface area contributed by atoms with E-state index in [1.54, 1.807) is 31.0 Å². The van der Waals surface area contributed by atoms with E-state index in [9.17, 15) is 4.79 Å². The number of benzene rings is 1. The van der Waals surface area contributed by atoms with Crippen molar-refractivity contribution in [3.8, 4) is 11.4 Å².